The average Bonchev–Trinajstić information content (AvgIpc) is 2.56. The predicted molar refractivity (Wildman–Crippen MR) is 60.7 cm³/mol. The molecule has 2 amide bonds. The van der Waals surface area contributed by atoms with Crippen molar-refractivity contribution in [1.82, 2.24) is 10.2 Å². The zero-order chi connectivity index (χ0) is 11.9. The minimum atomic E-state index is 0.0397. The van der Waals surface area contributed by atoms with Gasteiger partial charge in [0.15, 0.2) is 0 Å². The first kappa shape index (κ1) is 11.4. The summed E-state index contributed by atoms with van der Waals surface area (Å²) >= 11 is 0. The fourth-order valence-electron chi connectivity index (χ4n) is 2.51. The molecule has 4 nitrogen and oxygen atoms in total. The van der Waals surface area contributed by atoms with Crippen molar-refractivity contribution in [2.45, 2.75) is 39.7 Å². The topological polar surface area (TPSA) is 49.4 Å². The molecule has 0 aromatic rings. The molecule has 0 spiro atoms. The Morgan fingerprint density at radius 3 is 2.69 bits per heavy atom. The van der Waals surface area contributed by atoms with Crippen LogP contribution in [0.2, 0.25) is 0 Å². The largest absolute Gasteiger partial charge is 0.351 e. The summed E-state index contributed by atoms with van der Waals surface area (Å²) < 4.78 is 0. The van der Waals surface area contributed by atoms with Crippen LogP contribution in [0.15, 0.2) is 0 Å². The molecule has 2 fully saturated rings. The van der Waals surface area contributed by atoms with E-state index in [4.69, 9.17) is 0 Å². The lowest BCUT2D eigenvalue weighted by Crippen LogP contribution is -2.36. The molecule has 2 heterocycles. The number of hydrogen-bond donors (Lipinski definition) is 1. The molecular formula is C12H20N2O2. The summed E-state index contributed by atoms with van der Waals surface area (Å²) in [7, 11) is 0. The van der Waals surface area contributed by atoms with E-state index in [1.165, 1.54) is 0 Å². The van der Waals surface area contributed by atoms with E-state index in [0.717, 1.165) is 6.54 Å². The number of hydrogen-bond acceptors (Lipinski definition) is 2. The standard InChI is InChI=1S/C12H20N2O2/c1-12(2,3)5-11(16)14-6-8-4-10(15)13-9(8)7-14/h8-9H,4-7H2,1-3H3,(H,13,15). The Bertz CT molecular complexity index is 303. The first-order valence-electron chi connectivity index (χ1n) is 5.92. The number of fused-ring (bicyclic) bond motifs is 1. The zero-order valence-corrected chi connectivity index (χ0v) is 10.2. The van der Waals surface area contributed by atoms with E-state index < -0.39 is 0 Å². The van der Waals surface area contributed by atoms with Gasteiger partial charge in [-0.2, -0.15) is 0 Å². The minimum Gasteiger partial charge on any atom is -0.351 e. The molecule has 0 aromatic carbocycles. The molecule has 2 rings (SSSR count). The van der Waals surface area contributed by atoms with Gasteiger partial charge in [0, 0.05) is 31.8 Å². The molecule has 2 aliphatic rings. The second kappa shape index (κ2) is 3.75. The molecule has 90 valence electrons. The van der Waals surface area contributed by atoms with Crippen molar-refractivity contribution in [3.63, 3.8) is 0 Å². The molecule has 4 heteroatoms. The molecule has 2 unspecified atom stereocenters. The van der Waals surface area contributed by atoms with Gasteiger partial charge < -0.3 is 10.2 Å². The Hall–Kier alpha value is -1.06. The molecule has 2 saturated heterocycles. The fraction of sp³-hybridized carbons (Fsp3) is 0.833. The van der Waals surface area contributed by atoms with Crippen LogP contribution in [0.4, 0.5) is 0 Å². The van der Waals surface area contributed by atoms with Crippen LogP contribution >= 0.6 is 0 Å². The first-order valence-corrected chi connectivity index (χ1v) is 5.92. The van der Waals surface area contributed by atoms with Crippen molar-refractivity contribution in [1.29, 1.82) is 0 Å². The van der Waals surface area contributed by atoms with E-state index in [1.807, 2.05) is 4.90 Å². The summed E-state index contributed by atoms with van der Waals surface area (Å²) in [5, 5.41) is 2.93. The third-order valence-electron chi connectivity index (χ3n) is 3.27. The summed E-state index contributed by atoms with van der Waals surface area (Å²) in [5.41, 5.74) is 0.0397. The van der Waals surface area contributed by atoms with Crippen molar-refractivity contribution >= 4 is 11.8 Å². The Morgan fingerprint density at radius 1 is 1.44 bits per heavy atom. The van der Waals surface area contributed by atoms with Gasteiger partial charge in [-0.25, -0.2) is 0 Å². The van der Waals surface area contributed by atoms with Crippen LogP contribution in [0.25, 0.3) is 0 Å². The van der Waals surface area contributed by atoms with Crippen LogP contribution in [-0.2, 0) is 9.59 Å². The third-order valence-corrected chi connectivity index (χ3v) is 3.27. The van der Waals surface area contributed by atoms with Gasteiger partial charge in [0.05, 0.1) is 6.04 Å². The van der Waals surface area contributed by atoms with Gasteiger partial charge in [0.25, 0.3) is 0 Å². The van der Waals surface area contributed by atoms with Crippen molar-refractivity contribution in [3.05, 3.63) is 0 Å². The summed E-state index contributed by atoms with van der Waals surface area (Å²) in [4.78, 5) is 25.0. The zero-order valence-electron chi connectivity index (χ0n) is 10.2. The lowest BCUT2D eigenvalue weighted by Gasteiger charge is -2.23. The number of rotatable bonds is 1. The van der Waals surface area contributed by atoms with Crippen LogP contribution < -0.4 is 5.32 Å². The number of nitrogens with one attached hydrogen (secondary N) is 1. The molecule has 2 atom stereocenters. The van der Waals surface area contributed by atoms with E-state index in [9.17, 15) is 9.59 Å². The quantitative estimate of drug-likeness (QED) is 0.715. The average molecular weight is 224 g/mol. The summed E-state index contributed by atoms with van der Waals surface area (Å²) in [5.74, 6) is 0.700. The highest BCUT2D eigenvalue weighted by Crippen LogP contribution is 2.28. The molecular weight excluding hydrogens is 204 g/mol. The Kier molecular flexibility index (Phi) is 2.68. The summed E-state index contributed by atoms with van der Waals surface area (Å²) in [6, 6.07) is 0.205. The molecule has 0 bridgehead atoms. The minimum absolute atomic E-state index is 0.0397. The van der Waals surface area contributed by atoms with Gasteiger partial charge in [-0.15, -0.1) is 0 Å². The summed E-state index contributed by atoms with van der Waals surface area (Å²) in [6.07, 6.45) is 1.17. The van der Waals surface area contributed by atoms with Gasteiger partial charge in [0.1, 0.15) is 0 Å². The molecule has 0 radical (unpaired) electrons. The van der Waals surface area contributed by atoms with E-state index in [1.54, 1.807) is 0 Å². The van der Waals surface area contributed by atoms with E-state index in [2.05, 4.69) is 26.1 Å². The molecule has 16 heavy (non-hydrogen) atoms. The Balaban J connectivity index is 1.90. The van der Waals surface area contributed by atoms with Crippen molar-refractivity contribution in [3.8, 4) is 0 Å². The van der Waals surface area contributed by atoms with Crippen LogP contribution in [-0.4, -0.2) is 35.8 Å². The number of nitrogens with zero attached hydrogens (tertiary/aromatic N) is 1. The van der Waals surface area contributed by atoms with Gasteiger partial charge >= 0.3 is 0 Å². The van der Waals surface area contributed by atoms with Crippen LogP contribution in [0.5, 0.6) is 0 Å². The smallest absolute Gasteiger partial charge is 0.223 e. The normalized spacial score (nSPS) is 29.2. The molecule has 2 aliphatic heterocycles. The van der Waals surface area contributed by atoms with Crippen molar-refractivity contribution < 1.29 is 9.59 Å². The van der Waals surface area contributed by atoms with Gasteiger partial charge in [0.2, 0.25) is 11.8 Å². The van der Waals surface area contributed by atoms with Crippen molar-refractivity contribution in [2.75, 3.05) is 13.1 Å². The molecule has 0 aliphatic carbocycles. The van der Waals surface area contributed by atoms with E-state index in [-0.39, 0.29) is 23.3 Å². The van der Waals surface area contributed by atoms with E-state index >= 15 is 0 Å². The Morgan fingerprint density at radius 2 is 2.12 bits per heavy atom. The van der Waals surface area contributed by atoms with Gasteiger partial charge in [-0.05, 0) is 5.41 Å². The first-order chi connectivity index (χ1) is 7.35. The highest BCUT2D eigenvalue weighted by atomic mass is 16.2. The monoisotopic (exact) mass is 224 g/mol. The molecule has 0 saturated carbocycles. The highest BCUT2D eigenvalue weighted by Gasteiger charge is 2.41. The lowest BCUT2D eigenvalue weighted by molar-refractivity contribution is -0.133. The number of carbonyl (C=O) groups excluding carboxylic acids is 2. The number of carbonyl (C=O) groups is 2. The van der Waals surface area contributed by atoms with E-state index in [0.29, 0.717) is 25.3 Å². The number of likely N-dealkylation sites (tertiary alicyclic amines) is 1. The maximum absolute atomic E-state index is 12.0. The third kappa shape index (κ3) is 2.36. The van der Waals surface area contributed by atoms with Gasteiger partial charge in [-0.3, -0.25) is 9.59 Å². The fourth-order valence-corrected chi connectivity index (χ4v) is 2.51. The number of amides is 2. The van der Waals surface area contributed by atoms with Crippen LogP contribution in [0.1, 0.15) is 33.6 Å². The van der Waals surface area contributed by atoms with Crippen LogP contribution in [0.3, 0.4) is 0 Å². The molecule has 1 N–H and O–H groups in total. The summed E-state index contributed by atoms with van der Waals surface area (Å²) in [6.45, 7) is 7.67. The lowest BCUT2D eigenvalue weighted by atomic mass is 9.91. The highest BCUT2D eigenvalue weighted by molar-refractivity contribution is 5.81. The molecule has 0 aromatic heterocycles. The predicted octanol–water partition coefficient (Wildman–Crippen LogP) is 0.769. The van der Waals surface area contributed by atoms with Crippen molar-refractivity contribution in [2.24, 2.45) is 11.3 Å². The second-order valence-electron chi connectivity index (χ2n) is 6.17. The second-order valence-corrected chi connectivity index (χ2v) is 6.17. The Labute approximate surface area is 96.4 Å². The maximum Gasteiger partial charge on any atom is 0.223 e. The maximum atomic E-state index is 12.0. The van der Waals surface area contributed by atoms with Crippen LogP contribution in [0, 0.1) is 11.3 Å². The van der Waals surface area contributed by atoms with Gasteiger partial charge in [-0.1, -0.05) is 20.8 Å². The SMILES string of the molecule is CC(C)(C)CC(=O)N1CC2CC(=O)NC2C1.